The number of nitrogens with zero attached hydrogens (tertiary/aromatic N) is 2. The maximum atomic E-state index is 12.5. The van der Waals surface area contributed by atoms with E-state index in [9.17, 15) is 4.79 Å². The van der Waals surface area contributed by atoms with Crippen LogP contribution >= 0.6 is 11.3 Å². The smallest absolute Gasteiger partial charge is 0.261 e. The number of carbonyl (C=O) groups is 1. The molecule has 0 atom stereocenters. The summed E-state index contributed by atoms with van der Waals surface area (Å²) in [5.41, 5.74) is 0.902. The molecule has 1 aliphatic heterocycles. The Balaban J connectivity index is 1.47. The van der Waals surface area contributed by atoms with Crippen LogP contribution in [-0.4, -0.2) is 62.3 Å². The van der Waals surface area contributed by atoms with Crippen molar-refractivity contribution in [2.45, 2.75) is 0 Å². The predicted octanol–water partition coefficient (Wildman–Crippen LogP) is 2.52. The molecule has 0 saturated carbocycles. The lowest BCUT2D eigenvalue weighted by Gasteiger charge is -2.26. The lowest BCUT2D eigenvalue weighted by atomic mass is 10.2. The van der Waals surface area contributed by atoms with Gasteiger partial charge < -0.3 is 14.8 Å². The zero-order valence-corrected chi connectivity index (χ0v) is 15.5. The van der Waals surface area contributed by atoms with Crippen molar-refractivity contribution in [3.05, 3.63) is 35.2 Å². The first kappa shape index (κ1) is 17.2. The number of amides is 1. The molecule has 0 bridgehead atoms. The van der Waals surface area contributed by atoms with Crippen LogP contribution < -0.4 is 10.1 Å². The number of nitrogens with one attached hydrogen (secondary N) is 1. The monoisotopic (exact) mass is 371 g/mol. The topological polar surface area (TPSA) is 63.7 Å². The highest BCUT2D eigenvalue weighted by atomic mass is 32.1. The number of rotatable bonds is 5. The van der Waals surface area contributed by atoms with Crippen LogP contribution in [0.2, 0.25) is 0 Å². The number of aromatic nitrogens is 1. The van der Waals surface area contributed by atoms with Gasteiger partial charge in [0, 0.05) is 37.0 Å². The third-order valence-corrected chi connectivity index (χ3v) is 5.59. The van der Waals surface area contributed by atoms with E-state index in [1.54, 1.807) is 7.11 Å². The second-order valence-corrected chi connectivity index (χ2v) is 7.29. The summed E-state index contributed by atoms with van der Waals surface area (Å²) in [7, 11) is 1.65. The number of hydrogen-bond acceptors (Lipinski definition) is 6. The van der Waals surface area contributed by atoms with Gasteiger partial charge in [-0.15, -0.1) is 11.3 Å². The Kier molecular flexibility index (Phi) is 5.01. The zero-order chi connectivity index (χ0) is 17.9. The molecule has 136 valence electrons. The van der Waals surface area contributed by atoms with E-state index in [4.69, 9.17) is 9.47 Å². The minimum atomic E-state index is -0.0390. The van der Waals surface area contributed by atoms with Crippen LogP contribution in [0.25, 0.3) is 21.1 Å². The third kappa shape index (κ3) is 3.65. The number of thiophene rings is 1. The van der Waals surface area contributed by atoms with Crippen LogP contribution in [0.15, 0.2) is 30.3 Å². The Labute approximate surface area is 155 Å². The molecule has 2 aromatic heterocycles. The molecule has 1 aliphatic rings. The number of pyridine rings is 1. The van der Waals surface area contributed by atoms with Gasteiger partial charge in [-0.1, -0.05) is 0 Å². The minimum Gasteiger partial charge on any atom is -0.497 e. The molecule has 1 aromatic carbocycles. The van der Waals surface area contributed by atoms with Crippen LogP contribution in [-0.2, 0) is 4.74 Å². The molecule has 1 N–H and O–H groups in total. The first-order valence-electron chi connectivity index (χ1n) is 8.69. The van der Waals surface area contributed by atoms with Crippen LogP contribution in [0.4, 0.5) is 0 Å². The molecule has 4 rings (SSSR count). The average Bonchev–Trinajstić information content (AvgIpc) is 3.09. The molecular weight excluding hydrogens is 350 g/mol. The van der Waals surface area contributed by atoms with Gasteiger partial charge >= 0.3 is 0 Å². The maximum absolute atomic E-state index is 12.5. The molecule has 0 spiro atoms. The van der Waals surface area contributed by atoms with E-state index in [-0.39, 0.29) is 5.91 Å². The minimum absolute atomic E-state index is 0.0390. The van der Waals surface area contributed by atoms with Gasteiger partial charge in [0.15, 0.2) is 0 Å². The number of fused-ring (bicyclic) bond motifs is 2. The van der Waals surface area contributed by atoms with E-state index in [0.717, 1.165) is 59.7 Å². The fraction of sp³-hybridized carbons (Fsp3) is 0.368. The Morgan fingerprint density at radius 1 is 1.27 bits per heavy atom. The van der Waals surface area contributed by atoms with E-state index < -0.39 is 0 Å². The fourth-order valence-corrected chi connectivity index (χ4v) is 4.03. The van der Waals surface area contributed by atoms with Crippen molar-refractivity contribution < 1.29 is 14.3 Å². The van der Waals surface area contributed by atoms with Gasteiger partial charge in [-0.25, -0.2) is 4.98 Å². The highest BCUT2D eigenvalue weighted by Gasteiger charge is 2.14. The lowest BCUT2D eigenvalue weighted by molar-refractivity contribution is 0.0383. The number of carbonyl (C=O) groups excluding carboxylic acids is 1. The second kappa shape index (κ2) is 7.57. The first-order chi connectivity index (χ1) is 12.7. The van der Waals surface area contributed by atoms with E-state index in [2.05, 4.69) is 21.3 Å². The SMILES string of the molecule is COc1ccc2nc3sc(C(=O)NCCN4CCOCC4)cc3cc2c1. The zero-order valence-electron chi connectivity index (χ0n) is 14.7. The molecule has 3 heterocycles. The van der Waals surface area contributed by atoms with Crippen LogP contribution in [0.3, 0.4) is 0 Å². The lowest BCUT2D eigenvalue weighted by Crippen LogP contribution is -2.41. The number of ether oxygens (including phenoxy) is 2. The first-order valence-corrected chi connectivity index (χ1v) is 9.51. The van der Waals surface area contributed by atoms with E-state index in [1.807, 2.05) is 24.3 Å². The van der Waals surface area contributed by atoms with Gasteiger partial charge in [-0.3, -0.25) is 9.69 Å². The summed E-state index contributed by atoms with van der Waals surface area (Å²) in [4.78, 5) is 21.0. The third-order valence-electron chi connectivity index (χ3n) is 4.55. The fourth-order valence-electron chi connectivity index (χ4n) is 3.09. The highest BCUT2D eigenvalue weighted by molar-refractivity contribution is 7.20. The molecule has 0 radical (unpaired) electrons. The molecular formula is C19H21N3O3S. The molecule has 0 aliphatic carbocycles. The Morgan fingerprint density at radius 3 is 2.92 bits per heavy atom. The van der Waals surface area contributed by atoms with Gasteiger partial charge in [-0.05, 0) is 30.3 Å². The van der Waals surface area contributed by atoms with E-state index >= 15 is 0 Å². The molecule has 6 nitrogen and oxygen atoms in total. The second-order valence-electron chi connectivity index (χ2n) is 6.26. The van der Waals surface area contributed by atoms with Crippen molar-refractivity contribution in [1.82, 2.24) is 15.2 Å². The maximum Gasteiger partial charge on any atom is 0.261 e. The van der Waals surface area contributed by atoms with Gasteiger partial charge in [0.1, 0.15) is 10.6 Å². The van der Waals surface area contributed by atoms with Gasteiger partial charge in [0.05, 0.1) is 30.7 Å². The Hall–Kier alpha value is -2.22. The predicted molar refractivity (Wildman–Crippen MR) is 103 cm³/mol. The van der Waals surface area contributed by atoms with E-state index in [0.29, 0.717) is 11.4 Å². The van der Waals surface area contributed by atoms with Gasteiger partial charge in [-0.2, -0.15) is 0 Å². The summed E-state index contributed by atoms with van der Waals surface area (Å²) >= 11 is 1.43. The summed E-state index contributed by atoms with van der Waals surface area (Å²) < 4.78 is 10.6. The van der Waals surface area contributed by atoms with Crippen molar-refractivity contribution >= 4 is 38.4 Å². The van der Waals surface area contributed by atoms with E-state index in [1.165, 1.54) is 11.3 Å². The molecule has 1 saturated heterocycles. The average molecular weight is 371 g/mol. The number of methoxy groups -OCH3 is 1. The van der Waals surface area contributed by atoms with Crippen molar-refractivity contribution in [3.63, 3.8) is 0 Å². The molecule has 3 aromatic rings. The van der Waals surface area contributed by atoms with Crippen molar-refractivity contribution in [3.8, 4) is 5.75 Å². The summed E-state index contributed by atoms with van der Waals surface area (Å²) in [6, 6.07) is 9.77. The summed E-state index contributed by atoms with van der Waals surface area (Å²) in [5, 5.41) is 5.00. The summed E-state index contributed by atoms with van der Waals surface area (Å²) in [5.74, 6) is 0.762. The Bertz CT molecular complexity index is 934. The molecule has 7 heteroatoms. The van der Waals surface area contributed by atoms with Gasteiger partial charge in [0.2, 0.25) is 0 Å². The van der Waals surface area contributed by atoms with Crippen LogP contribution in [0.1, 0.15) is 9.67 Å². The standard InChI is InChI=1S/C19H21N3O3S/c1-24-15-2-3-16-13(11-15)10-14-12-17(26-19(14)21-16)18(23)20-4-5-22-6-8-25-9-7-22/h2-3,10-12H,4-9H2,1H3,(H,20,23). The van der Waals surface area contributed by atoms with Gasteiger partial charge in [0.25, 0.3) is 5.91 Å². The normalized spacial score (nSPS) is 15.4. The Morgan fingerprint density at radius 2 is 2.12 bits per heavy atom. The molecule has 26 heavy (non-hydrogen) atoms. The summed E-state index contributed by atoms with van der Waals surface area (Å²) in [6.07, 6.45) is 0. The van der Waals surface area contributed by atoms with Crippen molar-refractivity contribution in [2.75, 3.05) is 46.5 Å². The number of benzene rings is 1. The van der Waals surface area contributed by atoms with Crippen LogP contribution in [0.5, 0.6) is 5.75 Å². The van der Waals surface area contributed by atoms with Crippen LogP contribution in [0, 0.1) is 0 Å². The quantitative estimate of drug-likeness (QED) is 0.747. The largest absolute Gasteiger partial charge is 0.497 e. The number of hydrogen-bond donors (Lipinski definition) is 1. The molecule has 1 fully saturated rings. The summed E-state index contributed by atoms with van der Waals surface area (Å²) in [6.45, 7) is 4.89. The molecule has 0 unspecified atom stereocenters. The van der Waals surface area contributed by atoms with Crippen molar-refractivity contribution in [2.24, 2.45) is 0 Å². The molecule has 1 amide bonds. The highest BCUT2D eigenvalue weighted by Crippen LogP contribution is 2.29. The van der Waals surface area contributed by atoms with Crippen molar-refractivity contribution in [1.29, 1.82) is 0 Å². The number of morpholine rings is 1.